The Hall–Kier alpha value is -1.13. The second-order valence-corrected chi connectivity index (χ2v) is 7.47. The largest absolute Gasteiger partial charge is 0.481 e. The van der Waals surface area contributed by atoms with Crippen LogP contribution in [0.15, 0.2) is 24.3 Å². The van der Waals surface area contributed by atoms with Crippen molar-refractivity contribution < 1.29 is 19.7 Å². The summed E-state index contributed by atoms with van der Waals surface area (Å²) in [5.41, 5.74) is 0. The molecule has 0 aromatic heterocycles. The molecule has 0 amide bonds. The van der Waals surface area contributed by atoms with E-state index in [4.69, 9.17) is 9.84 Å². The van der Waals surface area contributed by atoms with Crippen LogP contribution in [0.5, 0.6) is 0 Å². The molecule has 25 heavy (non-hydrogen) atoms. The molecule has 2 fully saturated rings. The number of carboxylic acids is 1. The summed E-state index contributed by atoms with van der Waals surface area (Å²) in [7, 11) is 0. The van der Waals surface area contributed by atoms with Crippen LogP contribution in [0.1, 0.15) is 71.1 Å². The van der Waals surface area contributed by atoms with E-state index in [1.807, 2.05) is 6.08 Å². The Balaban J connectivity index is 1.78. The fourth-order valence-corrected chi connectivity index (χ4v) is 4.09. The molecular weight excluding hydrogens is 316 g/mol. The van der Waals surface area contributed by atoms with Crippen LogP contribution in [0.3, 0.4) is 0 Å². The second-order valence-electron chi connectivity index (χ2n) is 7.47. The molecule has 0 saturated carbocycles. The van der Waals surface area contributed by atoms with E-state index in [1.54, 1.807) is 0 Å². The number of rotatable bonds is 12. The molecule has 2 rings (SSSR count). The molecule has 0 radical (unpaired) electrons. The highest BCUT2D eigenvalue weighted by Crippen LogP contribution is 2.45. The summed E-state index contributed by atoms with van der Waals surface area (Å²) in [4.78, 5) is 10.5. The van der Waals surface area contributed by atoms with Gasteiger partial charge in [0, 0.05) is 12.3 Å². The molecule has 0 aromatic rings. The molecule has 2 saturated heterocycles. The van der Waals surface area contributed by atoms with E-state index in [0.717, 1.165) is 38.5 Å². The van der Waals surface area contributed by atoms with Gasteiger partial charge in [-0.15, -0.1) is 0 Å². The van der Waals surface area contributed by atoms with E-state index in [0.29, 0.717) is 30.5 Å². The monoisotopic (exact) mass is 350 g/mol. The first-order valence-electron chi connectivity index (χ1n) is 10.0. The van der Waals surface area contributed by atoms with Crippen molar-refractivity contribution in [3.63, 3.8) is 0 Å². The number of aliphatic hydroxyl groups excluding tert-OH is 1. The van der Waals surface area contributed by atoms with Gasteiger partial charge in [-0.2, -0.15) is 0 Å². The molecule has 2 bridgehead atoms. The van der Waals surface area contributed by atoms with Crippen LogP contribution in [-0.2, 0) is 9.53 Å². The van der Waals surface area contributed by atoms with E-state index < -0.39 is 5.97 Å². The van der Waals surface area contributed by atoms with Crippen molar-refractivity contribution in [1.29, 1.82) is 0 Å². The van der Waals surface area contributed by atoms with E-state index in [1.165, 1.54) is 12.8 Å². The number of ether oxygens (including phenoxy) is 1. The van der Waals surface area contributed by atoms with Crippen LogP contribution in [0.25, 0.3) is 0 Å². The van der Waals surface area contributed by atoms with Gasteiger partial charge in [-0.1, -0.05) is 50.5 Å². The number of fused-ring (bicyclic) bond motifs is 2. The van der Waals surface area contributed by atoms with E-state index in [9.17, 15) is 9.90 Å². The maximum Gasteiger partial charge on any atom is 0.303 e. The lowest BCUT2D eigenvalue weighted by molar-refractivity contribution is -0.137. The topological polar surface area (TPSA) is 66.8 Å². The number of carboxylic acid groups (broad SMARTS) is 1. The zero-order valence-electron chi connectivity index (χ0n) is 15.5. The number of allylic oxidation sites excluding steroid dienone is 2. The lowest BCUT2D eigenvalue weighted by Crippen LogP contribution is -2.25. The maximum absolute atomic E-state index is 10.5. The van der Waals surface area contributed by atoms with Crippen molar-refractivity contribution in [2.45, 2.75) is 89.4 Å². The lowest BCUT2D eigenvalue weighted by Gasteiger charge is -2.25. The van der Waals surface area contributed by atoms with Crippen LogP contribution in [0.4, 0.5) is 0 Å². The molecule has 0 spiro atoms. The Morgan fingerprint density at radius 2 is 2.00 bits per heavy atom. The summed E-state index contributed by atoms with van der Waals surface area (Å²) < 4.78 is 6.09. The summed E-state index contributed by atoms with van der Waals surface area (Å²) in [5.74, 6) is 0.175. The molecule has 2 N–H and O–H groups in total. The zero-order chi connectivity index (χ0) is 18.1. The molecule has 2 aliphatic rings. The van der Waals surface area contributed by atoms with Crippen molar-refractivity contribution in [3.05, 3.63) is 24.3 Å². The van der Waals surface area contributed by atoms with Gasteiger partial charge < -0.3 is 14.9 Å². The van der Waals surface area contributed by atoms with Crippen LogP contribution < -0.4 is 0 Å². The van der Waals surface area contributed by atoms with Crippen LogP contribution in [0.2, 0.25) is 0 Å². The van der Waals surface area contributed by atoms with Gasteiger partial charge >= 0.3 is 5.97 Å². The minimum absolute atomic E-state index is 0.239. The first kappa shape index (κ1) is 20.2. The summed E-state index contributed by atoms with van der Waals surface area (Å²) in [6.45, 7) is 2.18. The number of aliphatic hydroxyl groups is 1. The predicted octanol–water partition coefficient (Wildman–Crippen LogP) is 4.48. The quantitative estimate of drug-likeness (QED) is 0.402. The molecule has 142 valence electrons. The van der Waals surface area contributed by atoms with Crippen LogP contribution >= 0.6 is 0 Å². The van der Waals surface area contributed by atoms with Gasteiger partial charge in [0.15, 0.2) is 0 Å². The van der Waals surface area contributed by atoms with Crippen LogP contribution in [-0.4, -0.2) is 34.5 Å². The van der Waals surface area contributed by atoms with Crippen molar-refractivity contribution in [3.8, 4) is 0 Å². The third kappa shape index (κ3) is 6.59. The number of hydrogen-bond acceptors (Lipinski definition) is 3. The number of hydrogen-bond donors (Lipinski definition) is 2. The highest BCUT2D eigenvalue weighted by Gasteiger charge is 2.46. The Kier molecular flexibility index (Phi) is 8.70. The third-order valence-electron chi connectivity index (χ3n) is 5.48. The molecule has 5 atom stereocenters. The zero-order valence-corrected chi connectivity index (χ0v) is 15.5. The van der Waals surface area contributed by atoms with Gasteiger partial charge in [-0.05, 0) is 44.4 Å². The Bertz CT molecular complexity index is 457. The van der Waals surface area contributed by atoms with Gasteiger partial charge in [-0.3, -0.25) is 4.79 Å². The molecule has 2 heterocycles. The van der Waals surface area contributed by atoms with Gasteiger partial charge in [0.05, 0.1) is 18.3 Å². The smallest absolute Gasteiger partial charge is 0.303 e. The number of unbranched alkanes of at least 4 members (excludes halogenated alkanes) is 3. The van der Waals surface area contributed by atoms with Crippen LogP contribution in [0, 0.1) is 11.8 Å². The van der Waals surface area contributed by atoms with Gasteiger partial charge in [-0.25, -0.2) is 0 Å². The minimum Gasteiger partial charge on any atom is -0.481 e. The molecule has 2 aliphatic heterocycles. The Morgan fingerprint density at radius 1 is 1.20 bits per heavy atom. The minimum atomic E-state index is -0.724. The molecule has 2 unspecified atom stereocenters. The molecule has 4 nitrogen and oxygen atoms in total. The molecule has 0 aromatic carbocycles. The number of aliphatic carboxylic acids is 1. The summed E-state index contributed by atoms with van der Waals surface area (Å²) in [6.07, 6.45) is 18.1. The van der Waals surface area contributed by atoms with Crippen molar-refractivity contribution >= 4 is 5.97 Å². The van der Waals surface area contributed by atoms with E-state index >= 15 is 0 Å². The van der Waals surface area contributed by atoms with Crippen molar-refractivity contribution in [1.82, 2.24) is 0 Å². The highest BCUT2D eigenvalue weighted by atomic mass is 16.5. The first-order chi connectivity index (χ1) is 12.1. The summed E-state index contributed by atoms with van der Waals surface area (Å²) in [5, 5.41) is 18.8. The maximum atomic E-state index is 10.5. The number of carbonyl (C=O) groups is 1. The first-order valence-corrected chi connectivity index (χ1v) is 10.0. The second kappa shape index (κ2) is 10.8. The van der Waals surface area contributed by atoms with E-state index in [2.05, 4.69) is 25.2 Å². The van der Waals surface area contributed by atoms with Gasteiger partial charge in [0.1, 0.15) is 0 Å². The lowest BCUT2D eigenvalue weighted by atomic mass is 9.77. The van der Waals surface area contributed by atoms with Crippen molar-refractivity contribution in [2.75, 3.05) is 0 Å². The third-order valence-corrected chi connectivity index (χ3v) is 5.48. The Labute approximate surface area is 152 Å². The average Bonchev–Trinajstić information content (AvgIpc) is 3.17. The summed E-state index contributed by atoms with van der Waals surface area (Å²) >= 11 is 0. The molecule has 0 aliphatic carbocycles. The van der Waals surface area contributed by atoms with Crippen molar-refractivity contribution in [2.24, 2.45) is 11.8 Å². The van der Waals surface area contributed by atoms with Gasteiger partial charge in [0.25, 0.3) is 0 Å². The highest BCUT2D eigenvalue weighted by molar-refractivity contribution is 5.66. The normalized spacial score (nSPS) is 29.8. The predicted molar refractivity (Wildman–Crippen MR) is 99.4 cm³/mol. The molecular formula is C21H34O4. The van der Waals surface area contributed by atoms with E-state index in [-0.39, 0.29) is 12.5 Å². The van der Waals surface area contributed by atoms with Gasteiger partial charge in [0.2, 0.25) is 0 Å². The standard InChI is InChI=1S/C21H34O4/c1-2-3-6-9-16(22)12-13-18-17(19-14-15-20(18)25-19)10-7-4-5-8-11-21(23)24/h4,7,12-13,16-20,22H,2-3,5-6,8-11,14-15H2,1H3,(H,23,24)/b7-4-,13-12+/t16-,17-,18-,19?,20?/m0/s1. The molecule has 4 heteroatoms. The Morgan fingerprint density at radius 3 is 2.76 bits per heavy atom. The SMILES string of the molecule is CCCCC[C@H](O)/C=C/[C@@H]1C2CCC(O2)[C@H]1C/C=C\CCCC(=O)O. The fourth-order valence-electron chi connectivity index (χ4n) is 4.09. The summed E-state index contributed by atoms with van der Waals surface area (Å²) in [6, 6.07) is 0. The average molecular weight is 350 g/mol. The fraction of sp³-hybridized carbons (Fsp3) is 0.762.